The molecule has 10 nitrogen and oxygen atoms in total. The Bertz CT molecular complexity index is 1110. The number of carbonyl (C=O) groups excluding carboxylic acids is 2. The number of rotatable bonds is 6. The zero-order valence-corrected chi connectivity index (χ0v) is 16.5. The lowest BCUT2D eigenvalue weighted by Gasteiger charge is -2.12. The van der Waals surface area contributed by atoms with E-state index >= 15 is 0 Å². The van der Waals surface area contributed by atoms with Crippen LogP contribution in [0.2, 0.25) is 0 Å². The van der Waals surface area contributed by atoms with Gasteiger partial charge in [0.1, 0.15) is 12.4 Å². The van der Waals surface area contributed by atoms with Crippen LogP contribution in [0.3, 0.4) is 0 Å². The van der Waals surface area contributed by atoms with Gasteiger partial charge in [0.15, 0.2) is 6.61 Å². The predicted octanol–water partition coefficient (Wildman–Crippen LogP) is 2.11. The van der Waals surface area contributed by atoms with E-state index in [2.05, 4.69) is 15.6 Å². The fourth-order valence-corrected chi connectivity index (χ4v) is 2.29. The summed E-state index contributed by atoms with van der Waals surface area (Å²) in [5.41, 5.74) is 0.759. The summed E-state index contributed by atoms with van der Waals surface area (Å²) in [6.45, 7) is 4.65. The summed E-state index contributed by atoms with van der Waals surface area (Å²) in [7, 11) is 0. The van der Waals surface area contributed by atoms with Gasteiger partial charge < -0.3 is 13.7 Å². The lowest BCUT2D eigenvalue weighted by atomic mass is 9.92. The Labute approximate surface area is 169 Å². The van der Waals surface area contributed by atoms with Crippen LogP contribution in [-0.2, 0) is 26.3 Å². The van der Waals surface area contributed by atoms with E-state index in [0.717, 1.165) is 4.68 Å². The van der Waals surface area contributed by atoms with Crippen molar-refractivity contribution in [1.29, 1.82) is 0 Å². The summed E-state index contributed by atoms with van der Waals surface area (Å²) in [5, 5.41) is 10.1. The van der Waals surface area contributed by atoms with Crippen LogP contribution < -0.4 is 11.1 Å². The Balaban J connectivity index is 1.53. The minimum absolute atomic E-state index is 0.0782. The molecular formula is C19H19FN4O6. The largest absolute Gasteiger partial charge is 0.454 e. The first-order valence-corrected chi connectivity index (χ1v) is 8.88. The second-order valence-electron chi connectivity index (χ2n) is 7.37. The Kier molecular flexibility index (Phi) is 5.81. The monoisotopic (exact) mass is 418 g/mol. The maximum Gasteiger partial charge on any atom is 0.437 e. The van der Waals surface area contributed by atoms with Crippen molar-refractivity contribution in [3.05, 3.63) is 52.4 Å². The molecule has 1 N–H and O–H groups in total. The van der Waals surface area contributed by atoms with Gasteiger partial charge in [-0.05, 0) is 24.3 Å². The first-order valence-electron chi connectivity index (χ1n) is 8.88. The number of hydrogen-bond donors (Lipinski definition) is 1. The number of aromatic nitrogens is 3. The number of nitrogens with one attached hydrogen (secondary N) is 1. The summed E-state index contributed by atoms with van der Waals surface area (Å²) >= 11 is 0. The predicted molar refractivity (Wildman–Crippen MR) is 101 cm³/mol. The third-order valence-corrected chi connectivity index (χ3v) is 3.88. The molecular weight excluding hydrogens is 399 g/mol. The second kappa shape index (κ2) is 8.31. The average molecular weight is 418 g/mol. The Morgan fingerprint density at radius 1 is 1.23 bits per heavy atom. The number of nitrogens with zero attached hydrogens (tertiary/aromatic N) is 3. The average Bonchev–Trinajstić information content (AvgIpc) is 3.28. The van der Waals surface area contributed by atoms with E-state index in [1.165, 1.54) is 24.3 Å². The van der Waals surface area contributed by atoms with Gasteiger partial charge in [-0.1, -0.05) is 25.9 Å². The molecule has 1 aromatic carbocycles. The van der Waals surface area contributed by atoms with E-state index in [4.69, 9.17) is 13.7 Å². The quantitative estimate of drug-likeness (QED) is 0.603. The van der Waals surface area contributed by atoms with Gasteiger partial charge in [0.2, 0.25) is 11.8 Å². The van der Waals surface area contributed by atoms with E-state index in [9.17, 15) is 18.8 Å². The Hall–Kier alpha value is -3.76. The van der Waals surface area contributed by atoms with Crippen LogP contribution in [0.15, 0.2) is 44.1 Å². The van der Waals surface area contributed by atoms with Gasteiger partial charge in [-0.2, -0.15) is 4.68 Å². The molecule has 2 heterocycles. The van der Waals surface area contributed by atoms with Gasteiger partial charge in [0, 0.05) is 17.0 Å². The Morgan fingerprint density at radius 2 is 1.93 bits per heavy atom. The molecule has 0 unspecified atom stereocenters. The highest BCUT2D eigenvalue weighted by atomic mass is 19.1. The molecule has 0 fully saturated rings. The summed E-state index contributed by atoms with van der Waals surface area (Å²) in [4.78, 5) is 35.7. The van der Waals surface area contributed by atoms with Crippen LogP contribution in [0.4, 0.5) is 10.3 Å². The molecule has 0 saturated carbocycles. The molecule has 3 aromatic rings. The van der Waals surface area contributed by atoms with E-state index < -0.39 is 36.6 Å². The van der Waals surface area contributed by atoms with Crippen LogP contribution in [0.25, 0.3) is 11.5 Å². The van der Waals surface area contributed by atoms with Gasteiger partial charge in [0.25, 0.3) is 5.91 Å². The minimum Gasteiger partial charge on any atom is -0.454 e. The molecule has 0 radical (unpaired) electrons. The van der Waals surface area contributed by atoms with Gasteiger partial charge in [0.05, 0.1) is 5.69 Å². The number of benzene rings is 1. The van der Waals surface area contributed by atoms with Crippen molar-refractivity contribution in [2.24, 2.45) is 0 Å². The number of carbonyl (C=O) groups is 2. The van der Waals surface area contributed by atoms with Crippen molar-refractivity contribution in [1.82, 2.24) is 14.9 Å². The highest BCUT2D eigenvalue weighted by molar-refractivity contribution is 5.91. The van der Waals surface area contributed by atoms with Gasteiger partial charge in [-0.3, -0.25) is 14.9 Å². The summed E-state index contributed by atoms with van der Waals surface area (Å²) in [6, 6.07) is 6.69. The first kappa shape index (κ1) is 21.0. The molecule has 0 saturated heterocycles. The first-order chi connectivity index (χ1) is 14.1. The van der Waals surface area contributed by atoms with Crippen LogP contribution in [0.1, 0.15) is 26.5 Å². The molecule has 1 amide bonds. The highest BCUT2D eigenvalue weighted by Gasteiger charge is 2.20. The van der Waals surface area contributed by atoms with E-state index in [-0.39, 0.29) is 17.2 Å². The number of halogens is 1. The number of anilines is 1. The SMILES string of the molecule is CC(C)(C)c1cc(NC(=O)COC(=O)Cn2nc(-c3ccc(F)cc3)oc2=O)on1. The smallest absolute Gasteiger partial charge is 0.437 e. The summed E-state index contributed by atoms with van der Waals surface area (Å²) in [6.07, 6.45) is 0. The molecule has 3 rings (SSSR count). The zero-order valence-electron chi connectivity index (χ0n) is 16.5. The van der Waals surface area contributed by atoms with Crippen molar-refractivity contribution >= 4 is 17.8 Å². The fraction of sp³-hybridized carbons (Fsp3) is 0.316. The maximum atomic E-state index is 13.0. The number of amides is 1. The van der Waals surface area contributed by atoms with E-state index in [1.807, 2.05) is 20.8 Å². The minimum atomic E-state index is -0.896. The number of ether oxygens (including phenoxy) is 1. The standard InChI is InChI=1S/C19H19FN4O6/c1-19(2,3)13-8-15(30-23-13)21-14(25)10-28-16(26)9-24-18(27)29-17(22-24)11-4-6-12(20)7-5-11/h4-8H,9-10H2,1-3H3,(H,21,25). The fourth-order valence-electron chi connectivity index (χ4n) is 2.29. The van der Waals surface area contributed by atoms with Crippen LogP contribution in [0, 0.1) is 5.82 Å². The van der Waals surface area contributed by atoms with Crippen molar-refractivity contribution in [3.8, 4) is 11.5 Å². The highest BCUT2D eigenvalue weighted by Crippen LogP contribution is 2.23. The molecule has 30 heavy (non-hydrogen) atoms. The van der Waals surface area contributed by atoms with Crippen LogP contribution in [0.5, 0.6) is 0 Å². The lowest BCUT2D eigenvalue weighted by molar-refractivity contribution is -0.148. The lowest BCUT2D eigenvalue weighted by Crippen LogP contribution is -2.26. The van der Waals surface area contributed by atoms with Crippen LogP contribution in [-0.4, -0.2) is 33.4 Å². The summed E-state index contributed by atoms with van der Waals surface area (Å²) < 4.78 is 28.5. The second-order valence-corrected chi connectivity index (χ2v) is 7.37. The topological polar surface area (TPSA) is 129 Å². The molecule has 2 aromatic heterocycles. The molecule has 158 valence electrons. The van der Waals surface area contributed by atoms with E-state index in [1.54, 1.807) is 6.07 Å². The zero-order chi connectivity index (χ0) is 21.9. The van der Waals surface area contributed by atoms with Gasteiger partial charge >= 0.3 is 11.7 Å². The Morgan fingerprint density at radius 3 is 2.57 bits per heavy atom. The normalized spacial score (nSPS) is 11.3. The maximum absolute atomic E-state index is 13.0. The molecule has 0 bridgehead atoms. The molecule has 0 aliphatic heterocycles. The molecule has 0 aliphatic carbocycles. The summed E-state index contributed by atoms with van der Waals surface area (Å²) in [5.74, 6) is -2.82. The van der Waals surface area contributed by atoms with Gasteiger partial charge in [-0.25, -0.2) is 9.18 Å². The van der Waals surface area contributed by atoms with Gasteiger partial charge in [-0.15, -0.1) is 5.10 Å². The third kappa shape index (κ3) is 5.19. The van der Waals surface area contributed by atoms with Crippen molar-refractivity contribution in [2.45, 2.75) is 32.7 Å². The third-order valence-electron chi connectivity index (χ3n) is 3.88. The van der Waals surface area contributed by atoms with Crippen LogP contribution >= 0.6 is 0 Å². The van der Waals surface area contributed by atoms with Crippen molar-refractivity contribution < 1.29 is 27.7 Å². The van der Waals surface area contributed by atoms with E-state index in [0.29, 0.717) is 11.3 Å². The number of hydrogen-bond acceptors (Lipinski definition) is 8. The molecule has 0 atom stereocenters. The molecule has 0 aliphatic rings. The molecule has 0 spiro atoms. The van der Waals surface area contributed by atoms with Crippen molar-refractivity contribution in [3.63, 3.8) is 0 Å². The van der Waals surface area contributed by atoms with Crippen molar-refractivity contribution in [2.75, 3.05) is 11.9 Å². The number of esters is 1. The molecule has 11 heteroatoms.